The summed E-state index contributed by atoms with van der Waals surface area (Å²) in [7, 11) is -3.63. The summed E-state index contributed by atoms with van der Waals surface area (Å²) in [6, 6.07) is 1.37. The molecule has 0 spiro atoms. The molecule has 7 heteroatoms. The fourth-order valence-electron chi connectivity index (χ4n) is 2.59. The number of nitrogens with one attached hydrogen (secondary N) is 1. The van der Waals surface area contributed by atoms with Gasteiger partial charge in [-0.2, -0.15) is 0 Å². The Morgan fingerprint density at radius 2 is 2.05 bits per heavy atom. The number of rotatable bonds is 4. The van der Waals surface area contributed by atoms with Gasteiger partial charge in [-0.1, -0.05) is 13.8 Å². The van der Waals surface area contributed by atoms with Crippen molar-refractivity contribution in [1.82, 2.24) is 4.72 Å². The lowest BCUT2D eigenvalue weighted by molar-refractivity contribution is 0.0701. The van der Waals surface area contributed by atoms with Gasteiger partial charge in [0.2, 0.25) is 10.0 Å². The van der Waals surface area contributed by atoms with E-state index in [9.17, 15) is 13.2 Å². The molecule has 1 heterocycles. The maximum atomic E-state index is 12.3. The lowest BCUT2D eigenvalue weighted by Crippen LogP contribution is -2.36. The Hall–Kier alpha value is -0.920. The van der Waals surface area contributed by atoms with Gasteiger partial charge in [0.05, 0.1) is 0 Å². The minimum atomic E-state index is -3.63. The van der Waals surface area contributed by atoms with E-state index in [1.807, 2.05) is 6.92 Å². The van der Waals surface area contributed by atoms with Gasteiger partial charge in [-0.15, -0.1) is 11.3 Å². The zero-order valence-electron chi connectivity index (χ0n) is 11.7. The van der Waals surface area contributed by atoms with E-state index in [0.29, 0.717) is 17.4 Å². The first-order chi connectivity index (χ1) is 9.22. The third kappa shape index (κ3) is 2.89. The Bertz CT molecular complexity index is 620. The van der Waals surface area contributed by atoms with E-state index < -0.39 is 16.0 Å². The molecule has 0 aromatic carbocycles. The van der Waals surface area contributed by atoms with Crippen molar-refractivity contribution in [1.29, 1.82) is 0 Å². The predicted octanol–water partition coefficient (Wildman–Crippen LogP) is 2.47. The molecule has 5 nitrogen and oxygen atoms in total. The number of sulfonamides is 1. The van der Waals surface area contributed by atoms with Crippen molar-refractivity contribution < 1.29 is 18.3 Å². The minimum Gasteiger partial charge on any atom is -0.477 e. The second-order valence-electron chi connectivity index (χ2n) is 5.52. The zero-order valence-corrected chi connectivity index (χ0v) is 13.3. The number of hydrogen-bond donors (Lipinski definition) is 2. The predicted molar refractivity (Wildman–Crippen MR) is 77.7 cm³/mol. The quantitative estimate of drug-likeness (QED) is 0.893. The van der Waals surface area contributed by atoms with Crippen LogP contribution in [0.3, 0.4) is 0 Å². The molecule has 0 aliphatic heterocycles. The van der Waals surface area contributed by atoms with Crippen LogP contribution in [-0.4, -0.2) is 25.5 Å². The molecule has 0 saturated heterocycles. The van der Waals surface area contributed by atoms with Crippen molar-refractivity contribution in [3.05, 3.63) is 16.5 Å². The Morgan fingerprint density at radius 3 is 2.50 bits per heavy atom. The fourth-order valence-corrected chi connectivity index (χ4v) is 5.34. The smallest absolute Gasteiger partial charge is 0.346 e. The SMILES string of the molecule is Cc1cc(S(=O)(=O)NC2CCC(C)C2C)sc1C(=O)O. The van der Waals surface area contributed by atoms with Gasteiger partial charge in [0.1, 0.15) is 9.09 Å². The Morgan fingerprint density at radius 1 is 1.40 bits per heavy atom. The highest BCUT2D eigenvalue weighted by molar-refractivity contribution is 7.91. The normalized spacial score (nSPS) is 26.9. The monoisotopic (exact) mass is 317 g/mol. The standard InChI is InChI=1S/C13H19NO4S2/c1-7-4-5-10(9(7)3)14-20(17,18)11-6-8(2)12(19-11)13(15)16/h6-7,9-10,14H,4-5H2,1-3H3,(H,15,16). The van der Waals surface area contributed by atoms with E-state index in [0.717, 1.165) is 24.2 Å². The molecule has 0 amide bonds. The molecule has 1 fully saturated rings. The van der Waals surface area contributed by atoms with Crippen LogP contribution in [0, 0.1) is 18.8 Å². The molecule has 3 unspecified atom stereocenters. The molecule has 1 aliphatic rings. The molecular weight excluding hydrogens is 298 g/mol. The second kappa shape index (κ2) is 5.46. The Labute approximate surface area is 123 Å². The largest absolute Gasteiger partial charge is 0.477 e. The molecule has 2 N–H and O–H groups in total. The van der Waals surface area contributed by atoms with Crippen molar-refractivity contribution >= 4 is 27.3 Å². The molecule has 0 radical (unpaired) electrons. The molecule has 3 atom stereocenters. The van der Waals surface area contributed by atoms with E-state index in [2.05, 4.69) is 11.6 Å². The second-order valence-corrected chi connectivity index (χ2v) is 8.52. The third-order valence-electron chi connectivity index (χ3n) is 4.13. The van der Waals surface area contributed by atoms with Gasteiger partial charge in [0.25, 0.3) is 0 Å². The van der Waals surface area contributed by atoms with E-state index in [1.165, 1.54) is 6.07 Å². The summed E-state index contributed by atoms with van der Waals surface area (Å²) < 4.78 is 27.5. The molecule has 112 valence electrons. The molecule has 1 aromatic heterocycles. The van der Waals surface area contributed by atoms with Crippen LogP contribution >= 0.6 is 11.3 Å². The van der Waals surface area contributed by atoms with E-state index in [1.54, 1.807) is 6.92 Å². The van der Waals surface area contributed by atoms with Crippen LogP contribution in [0.5, 0.6) is 0 Å². The highest BCUT2D eigenvalue weighted by atomic mass is 32.2. The number of carbonyl (C=O) groups is 1. The fraction of sp³-hybridized carbons (Fsp3) is 0.615. The third-order valence-corrected chi connectivity index (χ3v) is 7.31. The van der Waals surface area contributed by atoms with Gasteiger partial charge in [0, 0.05) is 6.04 Å². The van der Waals surface area contributed by atoms with Crippen molar-refractivity contribution in [2.24, 2.45) is 11.8 Å². The summed E-state index contributed by atoms with van der Waals surface area (Å²) >= 11 is 0.810. The first kappa shape index (κ1) is 15.5. The van der Waals surface area contributed by atoms with Crippen molar-refractivity contribution in [3.63, 3.8) is 0 Å². The van der Waals surface area contributed by atoms with Crippen LogP contribution in [0.15, 0.2) is 10.3 Å². The van der Waals surface area contributed by atoms with Crippen LogP contribution in [0.2, 0.25) is 0 Å². The van der Waals surface area contributed by atoms with Gasteiger partial charge < -0.3 is 5.11 Å². The molecule has 20 heavy (non-hydrogen) atoms. The van der Waals surface area contributed by atoms with Crippen molar-refractivity contribution in [2.75, 3.05) is 0 Å². The minimum absolute atomic E-state index is 0.0642. The lowest BCUT2D eigenvalue weighted by Gasteiger charge is -2.19. The maximum Gasteiger partial charge on any atom is 0.346 e. The topological polar surface area (TPSA) is 83.5 Å². The van der Waals surface area contributed by atoms with Gasteiger partial charge in [-0.3, -0.25) is 0 Å². The van der Waals surface area contributed by atoms with Gasteiger partial charge >= 0.3 is 5.97 Å². The molecular formula is C13H19NO4S2. The Balaban J connectivity index is 2.23. The van der Waals surface area contributed by atoms with Gasteiger partial charge in [0.15, 0.2) is 0 Å². The summed E-state index contributed by atoms with van der Waals surface area (Å²) in [6.07, 6.45) is 1.84. The number of carboxylic acids is 1. The highest BCUT2D eigenvalue weighted by Gasteiger charge is 2.33. The average molecular weight is 317 g/mol. The Kier molecular flexibility index (Phi) is 4.22. The van der Waals surface area contributed by atoms with Crippen LogP contribution in [0.4, 0.5) is 0 Å². The van der Waals surface area contributed by atoms with E-state index in [4.69, 9.17) is 5.11 Å². The molecule has 1 saturated carbocycles. The number of aryl methyl sites for hydroxylation is 1. The maximum absolute atomic E-state index is 12.3. The summed E-state index contributed by atoms with van der Waals surface area (Å²) in [5.74, 6) is -0.288. The van der Waals surface area contributed by atoms with Crippen LogP contribution in [0.1, 0.15) is 41.9 Å². The average Bonchev–Trinajstić information content (AvgIpc) is 2.87. The lowest BCUT2D eigenvalue weighted by atomic mass is 9.98. The van der Waals surface area contributed by atoms with Crippen LogP contribution in [0.25, 0.3) is 0 Å². The van der Waals surface area contributed by atoms with Crippen molar-refractivity contribution in [2.45, 2.75) is 43.9 Å². The first-order valence-corrected chi connectivity index (χ1v) is 8.88. The molecule has 2 rings (SSSR count). The summed E-state index contributed by atoms with van der Waals surface area (Å²) in [6.45, 7) is 5.78. The summed E-state index contributed by atoms with van der Waals surface area (Å²) in [4.78, 5) is 11.1. The van der Waals surface area contributed by atoms with Crippen LogP contribution < -0.4 is 4.72 Å². The zero-order chi connectivity index (χ0) is 15.1. The summed E-state index contributed by atoms with van der Waals surface area (Å²) in [5, 5.41) is 9.00. The van der Waals surface area contributed by atoms with Gasteiger partial charge in [-0.05, 0) is 43.2 Å². The van der Waals surface area contributed by atoms with Gasteiger partial charge in [-0.25, -0.2) is 17.9 Å². The van der Waals surface area contributed by atoms with Crippen LogP contribution in [-0.2, 0) is 10.0 Å². The summed E-state index contributed by atoms with van der Waals surface area (Å²) in [5.41, 5.74) is 0.482. The molecule has 1 aromatic rings. The molecule has 1 aliphatic carbocycles. The number of carboxylic acid groups (broad SMARTS) is 1. The number of aromatic carboxylic acids is 1. The van der Waals surface area contributed by atoms with E-state index in [-0.39, 0.29) is 15.1 Å². The first-order valence-electron chi connectivity index (χ1n) is 6.58. The van der Waals surface area contributed by atoms with Crippen molar-refractivity contribution in [3.8, 4) is 0 Å². The number of thiophene rings is 1. The molecule has 0 bridgehead atoms. The number of hydrogen-bond acceptors (Lipinski definition) is 4. The van der Waals surface area contributed by atoms with E-state index >= 15 is 0 Å². The highest BCUT2D eigenvalue weighted by Crippen LogP contribution is 2.33.